The van der Waals surface area contributed by atoms with Crippen LogP contribution in [-0.2, 0) is 67.2 Å². The van der Waals surface area contributed by atoms with Gasteiger partial charge in [-0.3, -0.25) is 47.9 Å². The minimum Gasteiger partial charge on any atom is -0.391 e. The number of nitrogens with one attached hydrogen (secondary N) is 12. The number of thiol groups is 2. The predicted octanol–water partition coefficient (Wildman–Crippen LogP) is -0.105. The molecule has 0 fully saturated rings. The van der Waals surface area contributed by atoms with Crippen molar-refractivity contribution in [1.29, 1.82) is 0 Å². The number of fused-ring (bicyclic) bond motifs is 1. The van der Waals surface area contributed by atoms with E-state index in [1.807, 2.05) is 0 Å². The Bertz CT molecular complexity index is 3190. The number of hydrogen-bond donors (Lipinski definition) is 17. The van der Waals surface area contributed by atoms with Crippen molar-refractivity contribution < 1.29 is 79.4 Å². The van der Waals surface area contributed by atoms with Crippen LogP contribution in [0.3, 0.4) is 0 Å². The van der Waals surface area contributed by atoms with E-state index >= 15 is 0 Å². The molecule has 4 rings (SSSR count). The number of H-pyrrole nitrogens is 1. The summed E-state index contributed by atoms with van der Waals surface area (Å²) in [7, 11) is 0. The van der Waals surface area contributed by atoms with Gasteiger partial charge in [-0.1, -0.05) is 78.9 Å². The number of carbonyl (C=O) groups is 10. The van der Waals surface area contributed by atoms with Crippen LogP contribution in [0.1, 0.15) is 69.1 Å². The highest BCUT2D eigenvalue weighted by Crippen LogP contribution is 2.21. The Kier molecular flexibility index (Phi) is 32.4. The number of benzene rings is 3. The van der Waals surface area contributed by atoms with Crippen molar-refractivity contribution in [2.24, 2.45) is 16.5 Å². The van der Waals surface area contributed by atoms with Gasteiger partial charge in [0.25, 0.3) is 0 Å². The number of aromatic amines is 1. The van der Waals surface area contributed by atoms with Gasteiger partial charge in [0.05, 0.1) is 12.6 Å². The van der Waals surface area contributed by atoms with Crippen molar-refractivity contribution in [2.45, 2.75) is 138 Å². The lowest BCUT2D eigenvalue weighted by molar-refractivity contribution is -0.136. The lowest BCUT2D eigenvalue weighted by atomic mass is 10.0. The summed E-state index contributed by atoms with van der Waals surface area (Å²) in [5.41, 5.74) is 13.8. The minimum absolute atomic E-state index is 0.0252. The summed E-state index contributed by atoms with van der Waals surface area (Å²) in [6.07, 6.45) is -9.34. The zero-order valence-electron chi connectivity index (χ0n) is 51.5. The molecule has 3 aromatic carbocycles. The molecule has 34 heteroatoms. The van der Waals surface area contributed by atoms with Gasteiger partial charge in [0.15, 0.2) is 5.96 Å². The number of hydrogen-bond acceptors (Lipinski definition) is 15. The highest BCUT2D eigenvalue weighted by atomic mass is 32.1. The summed E-state index contributed by atoms with van der Waals surface area (Å²) < 4.78 is 76.5. The van der Waals surface area contributed by atoms with Crippen LogP contribution >= 0.6 is 25.3 Å². The Balaban J connectivity index is 1.52. The number of alkyl halides is 6. The van der Waals surface area contributed by atoms with Crippen molar-refractivity contribution >= 4 is 101 Å². The van der Waals surface area contributed by atoms with Crippen LogP contribution in [0.2, 0.25) is 0 Å². The second-order valence-electron chi connectivity index (χ2n) is 21.8. The third kappa shape index (κ3) is 28.3. The Morgan fingerprint density at radius 3 is 1.59 bits per heavy atom. The van der Waals surface area contributed by atoms with Crippen LogP contribution < -0.4 is 70.0 Å². The quantitative estimate of drug-likeness (QED) is 0.00917. The Morgan fingerprint density at radius 2 is 1.04 bits per heavy atom. The molecule has 0 aliphatic carbocycles. The number of halogens is 6. The SMILES string of the molecule is CC(=O)N[C@H](CCCCNC(=NCC(F)(F)F)NCC(F)(F)F)C(=O)NCC(=O)N[C@@H](CS)C(=O)N[C@@H](Cc1ccccc1)C(=O)N[C@H](Cc1c[nH]c2ccccc12)C(=O)N[C@@H](CCCCN)C(=O)N[C@H](C(=O)N[C@@H](CS)C(=O)N[C@@H](Cc1ccccc1)C(N)=O)[C@@H](C)O. The molecule has 0 radical (unpaired) electrons. The molecular weight excluding hydrogens is 1280 g/mol. The number of nitrogens with two attached hydrogens (primary N) is 2. The van der Waals surface area contributed by atoms with Crippen LogP contribution in [0.4, 0.5) is 26.3 Å². The molecule has 17 N–H and O–H groups in total. The number of aliphatic hydroxyl groups is 1. The number of nitrogens with zero attached hydrogens (tertiary/aromatic N) is 1. The van der Waals surface area contributed by atoms with Gasteiger partial charge in [-0.2, -0.15) is 51.6 Å². The average molecular weight is 1370 g/mol. The Hall–Kier alpha value is -8.63. The molecule has 26 nitrogen and oxygen atoms in total. The molecule has 9 atom stereocenters. The zero-order chi connectivity index (χ0) is 69.5. The molecule has 4 aromatic rings. The maximum atomic E-state index is 14.8. The summed E-state index contributed by atoms with van der Waals surface area (Å²) in [5, 5.41) is 38.3. The first-order valence-corrected chi connectivity index (χ1v) is 31.1. The predicted molar refractivity (Wildman–Crippen MR) is 342 cm³/mol. The van der Waals surface area contributed by atoms with E-state index < -0.39 is 151 Å². The van der Waals surface area contributed by atoms with Gasteiger partial charge in [0, 0.05) is 61.3 Å². The summed E-state index contributed by atoms with van der Waals surface area (Å²) in [4.78, 5) is 143. The third-order valence-electron chi connectivity index (χ3n) is 14.1. The molecule has 516 valence electrons. The van der Waals surface area contributed by atoms with E-state index in [9.17, 15) is 79.4 Å². The van der Waals surface area contributed by atoms with Crippen LogP contribution in [0.25, 0.3) is 10.9 Å². The molecule has 1 aromatic heterocycles. The van der Waals surface area contributed by atoms with Gasteiger partial charge in [0.2, 0.25) is 59.1 Å². The molecule has 0 aliphatic heterocycles. The summed E-state index contributed by atoms with van der Waals surface area (Å²) in [5.74, 6) is -10.4. The number of aliphatic hydroxyl groups excluding tert-OH is 1. The van der Waals surface area contributed by atoms with Gasteiger partial charge in [0.1, 0.15) is 61.4 Å². The zero-order valence-corrected chi connectivity index (χ0v) is 53.3. The van der Waals surface area contributed by atoms with E-state index in [0.29, 0.717) is 34.0 Å². The number of primary amides is 1. The van der Waals surface area contributed by atoms with Gasteiger partial charge >= 0.3 is 12.4 Å². The lowest BCUT2D eigenvalue weighted by Crippen LogP contribution is -2.62. The van der Waals surface area contributed by atoms with E-state index in [-0.39, 0.29) is 76.0 Å². The van der Waals surface area contributed by atoms with Crippen LogP contribution in [0.15, 0.2) is 96.1 Å². The van der Waals surface area contributed by atoms with Gasteiger partial charge < -0.3 is 80.0 Å². The van der Waals surface area contributed by atoms with Gasteiger partial charge in [-0.15, -0.1) is 0 Å². The molecule has 0 saturated heterocycles. The number of amides is 10. The van der Waals surface area contributed by atoms with Crippen LogP contribution in [0.5, 0.6) is 0 Å². The number of aromatic nitrogens is 1. The van der Waals surface area contributed by atoms with Crippen molar-refractivity contribution in [1.82, 2.24) is 63.5 Å². The molecule has 0 saturated carbocycles. The van der Waals surface area contributed by atoms with Crippen LogP contribution in [0, 0.1) is 0 Å². The first kappa shape index (κ1) is 77.8. The fraction of sp³-hybridized carbons (Fsp3) is 0.483. The topological polar surface area (TPSA) is 403 Å². The fourth-order valence-electron chi connectivity index (χ4n) is 9.28. The largest absolute Gasteiger partial charge is 0.408 e. The number of rotatable bonds is 38. The van der Waals surface area contributed by atoms with Gasteiger partial charge in [-0.05, 0) is 74.8 Å². The first-order chi connectivity index (χ1) is 44.5. The smallest absolute Gasteiger partial charge is 0.391 e. The standard InChI is InChI=1S/C60H81F6N15O11S2/c1-34(82)49(57(92)80-47(31-94)56(91)77-43(50(68)85)25-36-15-5-3-6-16-36)81-52(87)42(21-11-13-23-67)76-54(89)45(27-38-28-70-40-20-10-9-19-39(38)40)79-53(88)44(26-37-17-7-4-8-18-37)78-55(90)46(30-93)75-48(84)29-71-51(86)41(74-35(2)83)22-12-14-24-69-58(72-32-59(61,62)63)73-33-60(64,65)66/h3-10,15-20,28,34,41-47,49,70,82,93-94H,11-14,21-27,29-33,67H2,1-2H3,(H2,68,85)(H,71,86)(H,74,83)(H,75,84)(H,76,89)(H,77,91)(H,78,90)(H,79,88)(H,80,92)(H,81,87)(H2,69,72,73)/t34-,41-,42+,43+,44+,45-,46+,47+,49+/m1/s1. The Labute approximate surface area is 548 Å². The summed E-state index contributed by atoms with van der Waals surface area (Å²) >= 11 is 8.46. The van der Waals surface area contributed by atoms with Crippen molar-refractivity contribution in [3.8, 4) is 0 Å². The molecular formula is C60H81F6N15O11S2. The fourth-order valence-corrected chi connectivity index (χ4v) is 9.79. The molecule has 0 unspecified atom stereocenters. The van der Waals surface area contributed by atoms with Crippen LogP contribution in [-0.4, -0.2) is 186 Å². The van der Waals surface area contributed by atoms with Crippen molar-refractivity contribution in [3.63, 3.8) is 0 Å². The highest BCUT2D eigenvalue weighted by Gasteiger charge is 2.36. The normalized spacial score (nSPS) is 14.6. The average Bonchev–Trinajstić information content (AvgIpc) is 1.64. The Morgan fingerprint density at radius 1 is 0.553 bits per heavy atom. The lowest BCUT2D eigenvalue weighted by Gasteiger charge is -2.28. The number of carbonyl (C=O) groups excluding carboxylic acids is 10. The molecule has 0 bridgehead atoms. The molecule has 0 aliphatic rings. The highest BCUT2D eigenvalue weighted by molar-refractivity contribution is 7.80. The monoisotopic (exact) mass is 1370 g/mol. The number of para-hydroxylation sites is 1. The maximum absolute atomic E-state index is 14.8. The second-order valence-corrected chi connectivity index (χ2v) is 22.5. The van der Waals surface area contributed by atoms with E-state index in [0.717, 1.165) is 6.92 Å². The third-order valence-corrected chi connectivity index (χ3v) is 14.8. The van der Waals surface area contributed by atoms with E-state index in [4.69, 9.17) is 11.5 Å². The van der Waals surface area contributed by atoms with E-state index in [1.165, 1.54) is 6.92 Å². The number of guanidine groups is 1. The summed E-state index contributed by atoms with van der Waals surface area (Å²) in [6, 6.07) is 12.6. The van der Waals surface area contributed by atoms with E-state index in [2.05, 4.69) is 88.4 Å². The summed E-state index contributed by atoms with van der Waals surface area (Å²) in [6.45, 7) is -1.92. The van der Waals surface area contributed by atoms with Crippen molar-refractivity contribution in [2.75, 3.05) is 44.2 Å². The first-order valence-electron chi connectivity index (χ1n) is 29.8. The minimum atomic E-state index is -4.80. The van der Waals surface area contributed by atoms with E-state index in [1.54, 1.807) is 96.4 Å². The number of unbranched alkanes of at least 4 members (excludes halogenated alkanes) is 2. The molecule has 10 amide bonds. The molecule has 94 heavy (non-hydrogen) atoms. The van der Waals surface area contributed by atoms with Gasteiger partial charge in [-0.25, -0.2) is 4.99 Å². The maximum Gasteiger partial charge on any atom is 0.408 e. The number of aliphatic imine (C=N–C) groups is 1. The molecule has 1 heterocycles. The second kappa shape index (κ2) is 39.2. The van der Waals surface area contributed by atoms with Crippen molar-refractivity contribution in [3.05, 3.63) is 108 Å². The molecule has 0 spiro atoms.